The van der Waals surface area contributed by atoms with E-state index in [0.29, 0.717) is 43.9 Å². The molecule has 2 aromatic carbocycles. The number of nitrogens with zero attached hydrogens (tertiary/aromatic N) is 3. The molecule has 0 unspecified atom stereocenters. The maximum absolute atomic E-state index is 13.4. The maximum atomic E-state index is 13.4. The van der Waals surface area contributed by atoms with Gasteiger partial charge < -0.3 is 9.64 Å². The summed E-state index contributed by atoms with van der Waals surface area (Å²) >= 11 is 0. The number of hydrogen-bond donors (Lipinski definition) is 0. The second kappa shape index (κ2) is 9.12. The fourth-order valence-corrected chi connectivity index (χ4v) is 3.82. The molecule has 4 rings (SSSR count). The van der Waals surface area contributed by atoms with Crippen LogP contribution in [-0.4, -0.2) is 46.3 Å². The minimum atomic E-state index is -0.335. The molecule has 1 fully saturated rings. The van der Waals surface area contributed by atoms with Gasteiger partial charge in [-0.15, -0.1) is 0 Å². The first-order chi connectivity index (χ1) is 15.1. The molecule has 1 amide bonds. The Balaban J connectivity index is 1.60. The number of halogens is 1. The zero-order chi connectivity index (χ0) is 21.8. The van der Waals surface area contributed by atoms with Crippen molar-refractivity contribution in [1.29, 1.82) is 0 Å². The van der Waals surface area contributed by atoms with Gasteiger partial charge in [0.1, 0.15) is 5.82 Å². The molecular weight excluding hydrogens is 397 g/mol. The highest BCUT2D eigenvalue weighted by Gasteiger charge is 2.30. The van der Waals surface area contributed by atoms with E-state index in [-0.39, 0.29) is 23.6 Å². The molecule has 0 aliphatic carbocycles. The van der Waals surface area contributed by atoms with Gasteiger partial charge in [0.2, 0.25) is 0 Å². The summed E-state index contributed by atoms with van der Waals surface area (Å²) in [5.41, 5.74) is 2.63. The molecule has 6 nitrogen and oxygen atoms in total. The highest BCUT2D eigenvalue weighted by Crippen LogP contribution is 2.26. The number of rotatable bonds is 5. The fourth-order valence-electron chi connectivity index (χ4n) is 3.82. The summed E-state index contributed by atoms with van der Waals surface area (Å²) in [5.74, 6) is -0.875. The van der Waals surface area contributed by atoms with Gasteiger partial charge in [0.15, 0.2) is 5.69 Å². The Morgan fingerprint density at radius 3 is 2.39 bits per heavy atom. The largest absolute Gasteiger partial charge is 0.466 e. The zero-order valence-electron chi connectivity index (χ0n) is 17.3. The molecule has 3 aromatic rings. The third-order valence-corrected chi connectivity index (χ3v) is 5.47. The van der Waals surface area contributed by atoms with E-state index in [0.717, 1.165) is 11.3 Å². The van der Waals surface area contributed by atoms with Crippen LogP contribution < -0.4 is 0 Å². The Morgan fingerprint density at radius 2 is 1.74 bits per heavy atom. The molecule has 31 heavy (non-hydrogen) atoms. The van der Waals surface area contributed by atoms with Crippen molar-refractivity contribution in [2.45, 2.75) is 19.8 Å². The zero-order valence-corrected chi connectivity index (χ0v) is 17.3. The predicted octanol–water partition coefficient (Wildman–Crippen LogP) is 4.09. The molecule has 0 atom stereocenters. The van der Waals surface area contributed by atoms with Crippen molar-refractivity contribution in [3.8, 4) is 16.9 Å². The molecule has 160 valence electrons. The van der Waals surface area contributed by atoms with Crippen molar-refractivity contribution in [3.05, 3.63) is 72.2 Å². The van der Waals surface area contributed by atoms with Gasteiger partial charge in [-0.05, 0) is 50.1 Å². The Kier molecular flexibility index (Phi) is 6.11. The normalized spacial score (nSPS) is 14.5. The van der Waals surface area contributed by atoms with Gasteiger partial charge in [-0.2, -0.15) is 5.10 Å². The minimum Gasteiger partial charge on any atom is -0.466 e. The maximum Gasteiger partial charge on any atom is 0.309 e. The van der Waals surface area contributed by atoms with Gasteiger partial charge in [0.05, 0.1) is 23.9 Å². The molecule has 1 aliphatic rings. The van der Waals surface area contributed by atoms with Crippen molar-refractivity contribution in [2.75, 3.05) is 19.7 Å². The van der Waals surface area contributed by atoms with E-state index < -0.39 is 0 Å². The minimum absolute atomic E-state index is 0.166. The Bertz CT molecular complexity index is 1060. The van der Waals surface area contributed by atoms with Gasteiger partial charge in [0.25, 0.3) is 5.91 Å². The fraction of sp³-hybridized carbons (Fsp3) is 0.292. The number of carbonyl (C=O) groups is 2. The molecule has 0 saturated carbocycles. The average molecular weight is 421 g/mol. The number of benzene rings is 2. The van der Waals surface area contributed by atoms with Crippen LogP contribution >= 0.6 is 0 Å². The van der Waals surface area contributed by atoms with Gasteiger partial charge in [0, 0.05) is 18.7 Å². The van der Waals surface area contributed by atoms with E-state index in [1.165, 1.54) is 12.1 Å². The summed E-state index contributed by atoms with van der Waals surface area (Å²) in [5, 5.41) is 4.56. The molecule has 1 aliphatic heterocycles. The van der Waals surface area contributed by atoms with E-state index in [1.54, 1.807) is 34.7 Å². The summed E-state index contributed by atoms with van der Waals surface area (Å²) in [6.07, 6.45) is 1.16. The van der Waals surface area contributed by atoms with Crippen LogP contribution in [-0.2, 0) is 9.53 Å². The number of hydrogen-bond acceptors (Lipinski definition) is 4. The van der Waals surface area contributed by atoms with Crippen molar-refractivity contribution < 1.29 is 18.7 Å². The van der Waals surface area contributed by atoms with Crippen LogP contribution in [0.2, 0.25) is 0 Å². The first-order valence-electron chi connectivity index (χ1n) is 10.4. The van der Waals surface area contributed by atoms with Crippen molar-refractivity contribution in [1.82, 2.24) is 14.7 Å². The molecule has 0 spiro atoms. The number of likely N-dealkylation sites (tertiary alicyclic amines) is 1. The molecule has 1 aromatic heterocycles. The first kappa shape index (κ1) is 20.8. The van der Waals surface area contributed by atoms with Crippen LogP contribution in [0.15, 0.2) is 60.7 Å². The van der Waals surface area contributed by atoms with Gasteiger partial charge in [-0.25, -0.2) is 9.07 Å². The number of piperidine rings is 1. The Morgan fingerprint density at radius 1 is 1.06 bits per heavy atom. The van der Waals surface area contributed by atoms with Gasteiger partial charge >= 0.3 is 5.97 Å². The van der Waals surface area contributed by atoms with Crippen molar-refractivity contribution in [3.63, 3.8) is 0 Å². The summed E-state index contributed by atoms with van der Waals surface area (Å²) in [6.45, 7) is 3.11. The highest BCUT2D eigenvalue weighted by atomic mass is 19.1. The Hall–Kier alpha value is -3.48. The lowest BCUT2D eigenvalue weighted by atomic mass is 9.97. The molecule has 0 N–H and O–H groups in total. The predicted molar refractivity (Wildman–Crippen MR) is 114 cm³/mol. The van der Waals surface area contributed by atoms with E-state index in [2.05, 4.69) is 5.10 Å². The van der Waals surface area contributed by atoms with E-state index in [1.807, 2.05) is 30.3 Å². The van der Waals surface area contributed by atoms with Gasteiger partial charge in [-0.1, -0.05) is 30.3 Å². The summed E-state index contributed by atoms with van der Waals surface area (Å²) < 4.78 is 20.2. The van der Waals surface area contributed by atoms with Gasteiger partial charge in [-0.3, -0.25) is 9.59 Å². The van der Waals surface area contributed by atoms with Crippen molar-refractivity contribution >= 4 is 11.9 Å². The average Bonchev–Trinajstić information content (AvgIpc) is 3.25. The third kappa shape index (κ3) is 4.50. The second-order valence-electron chi connectivity index (χ2n) is 7.49. The van der Waals surface area contributed by atoms with E-state index >= 15 is 0 Å². The molecular formula is C24H24FN3O3. The number of ether oxygens (including phenoxy) is 1. The van der Waals surface area contributed by atoms with Crippen LogP contribution in [0.4, 0.5) is 4.39 Å². The van der Waals surface area contributed by atoms with Crippen LogP contribution in [0, 0.1) is 11.7 Å². The van der Waals surface area contributed by atoms with Crippen LogP contribution in [0.1, 0.15) is 30.3 Å². The van der Waals surface area contributed by atoms with E-state index in [9.17, 15) is 14.0 Å². The molecule has 0 bridgehead atoms. The number of carbonyl (C=O) groups excluding carboxylic acids is 2. The smallest absolute Gasteiger partial charge is 0.309 e. The standard InChI is InChI=1S/C24H24FN3O3/c1-2-31-24(30)18-12-14-27(15-13-18)23(29)21-16-22(17-6-4-3-5-7-17)28(26-21)20-10-8-19(25)9-11-20/h3-11,16,18H,2,12-15H2,1H3. The lowest BCUT2D eigenvalue weighted by Gasteiger charge is -2.30. The second-order valence-corrected chi connectivity index (χ2v) is 7.49. The topological polar surface area (TPSA) is 64.4 Å². The monoisotopic (exact) mass is 421 g/mol. The molecule has 0 radical (unpaired) electrons. The summed E-state index contributed by atoms with van der Waals surface area (Å²) in [4.78, 5) is 26.8. The SMILES string of the molecule is CCOC(=O)C1CCN(C(=O)c2cc(-c3ccccc3)n(-c3ccc(F)cc3)n2)CC1. The quantitative estimate of drug-likeness (QED) is 0.582. The van der Waals surface area contributed by atoms with Crippen LogP contribution in [0.3, 0.4) is 0 Å². The highest BCUT2D eigenvalue weighted by molar-refractivity contribution is 5.94. The van der Waals surface area contributed by atoms with Crippen LogP contribution in [0.25, 0.3) is 16.9 Å². The van der Waals surface area contributed by atoms with Crippen LogP contribution in [0.5, 0.6) is 0 Å². The lowest BCUT2D eigenvalue weighted by Crippen LogP contribution is -2.40. The Labute approximate surface area is 180 Å². The molecule has 1 saturated heterocycles. The molecule has 7 heteroatoms. The molecule has 2 heterocycles. The summed E-state index contributed by atoms with van der Waals surface area (Å²) in [7, 11) is 0. The third-order valence-electron chi connectivity index (χ3n) is 5.47. The number of esters is 1. The van der Waals surface area contributed by atoms with Crippen molar-refractivity contribution in [2.24, 2.45) is 5.92 Å². The summed E-state index contributed by atoms with van der Waals surface area (Å²) in [6, 6.07) is 17.4. The van der Waals surface area contributed by atoms with E-state index in [4.69, 9.17) is 4.74 Å². The lowest BCUT2D eigenvalue weighted by molar-refractivity contribution is -0.149. The first-order valence-corrected chi connectivity index (χ1v) is 10.4. The number of amides is 1. The number of aromatic nitrogens is 2.